The first kappa shape index (κ1) is 17.0. The summed E-state index contributed by atoms with van der Waals surface area (Å²) in [5.74, 6) is 0.786. The molecule has 6 nitrogen and oxygen atoms in total. The van der Waals surface area contributed by atoms with Gasteiger partial charge in [-0.25, -0.2) is 0 Å². The SMILES string of the molecule is COc1ccc(C(=O)N2CCN(C(=O)Cc3cccnc3)CC2)cc1. The van der Waals surface area contributed by atoms with Crippen LogP contribution in [0.4, 0.5) is 0 Å². The molecule has 130 valence electrons. The summed E-state index contributed by atoms with van der Waals surface area (Å²) in [6, 6.07) is 10.8. The van der Waals surface area contributed by atoms with E-state index >= 15 is 0 Å². The van der Waals surface area contributed by atoms with Gasteiger partial charge in [-0.2, -0.15) is 0 Å². The van der Waals surface area contributed by atoms with Crippen LogP contribution in [0, 0.1) is 0 Å². The molecule has 1 aliphatic rings. The van der Waals surface area contributed by atoms with Gasteiger partial charge in [0.15, 0.2) is 0 Å². The Morgan fingerprint density at radius 3 is 2.32 bits per heavy atom. The number of amides is 2. The van der Waals surface area contributed by atoms with Crippen molar-refractivity contribution in [3.05, 3.63) is 59.9 Å². The molecule has 1 aromatic carbocycles. The first-order valence-corrected chi connectivity index (χ1v) is 8.27. The number of aromatic nitrogens is 1. The van der Waals surface area contributed by atoms with Crippen LogP contribution in [0.25, 0.3) is 0 Å². The first-order chi connectivity index (χ1) is 12.2. The van der Waals surface area contributed by atoms with Gasteiger partial charge in [-0.15, -0.1) is 0 Å². The van der Waals surface area contributed by atoms with Crippen molar-refractivity contribution in [3.8, 4) is 5.75 Å². The Hall–Kier alpha value is -2.89. The minimum Gasteiger partial charge on any atom is -0.497 e. The Balaban J connectivity index is 1.54. The van der Waals surface area contributed by atoms with Crippen molar-refractivity contribution in [3.63, 3.8) is 0 Å². The molecule has 2 aromatic rings. The average Bonchev–Trinajstić information content (AvgIpc) is 2.68. The summed E-state index contributed by atoms with van der Waals surface area (Å²) < 4.78 is 5.11. The lowest BCUT2D eigenvalue weighted by Crippen LogP contribution is -2.51. The maximum absolute atomic E-state index is 12.5. The smallest absolute Gasteiger partial charge is 0.253 e. The van der Waals surface area contributed by atoms with Crippen LogP contribution < -0.4 is 4.74 Å². The van der Waals surface area contributed by atoms with Crippen molar-refractivity contribution in [1.29, 1.82) is 0 Å². The summed E-state index contributed by atoms with van der Waals surface area (Å²) in [5, 5.41) is 0. The summed E-state index contributed by atoms with van der Waals surface area (Å²) in [5.41, 5.74) is 1.54. The Labute approximate surface area is 147 Å². The fraction of sp³-hybridized carbons (Fsp3) is 0.316. The summed E-state index contributed by atoms with van der Waals surface area (Å²) >= 11 is 0. The quantitative estimate of drug-likeness (QED) is 0.849. The van der Waals surface area contributed by atoms with Crippen molar-refractivity contribution in [2.45, 2.75) is 6.42 Å². The highest BCUT2D eigenvalue weighted by Gasteiger charge is 2.24. The fourth-order valence-electron chi connectivity index (χ4n) is 2.86. The van der Waals surface area contributed by atoms with Gasteiger partial charge >= 0.3 is 0 Å². The lowest BCUT2D eigenvalue weighted by molar-refractivity contribution is -0.131. The molecular formula is C19H21N3O3. The Kier molecular flexibility index (Phi) is 5.28. The third kappa shape index (κ3) is 4.15. The van der Waals surface area contributed by atoms with E-state index < -0.39 is 0 Å². The number of piperazine rings is 1. The van der Waals surface area contributed by atoms with Gasteiger partial charge in [-0.05, 0) is 35.9 Å². The lowest BCUT2D eigenvalue weighted by Gasteiger charge is -2.35. The van der Waals surface area contributed by atoms with E-state index in [1.807, 2.05) is 17.0 Å². The molecule has 0 spiro atoms. The minimum absolute atomic E-state index is 0.0120. The maximum atomic E-state index is 12.5. The van der Waals surface area contributed by atoms with E-state index in [0.717, 1.165) is 11.3 Å². The van der Waals surface area contributed by atoms with Gasteiger partial charge in [0.2, 0.25) is 5.91 Å². The highest BCUT2D eigenvalue weighted by Crippen LogP contribution is 2.14. The van der Waals surface area contributed by atoms with E-state index in [1.54, 1.807) is 48.7 Å². The summed E-state index contributed by atoms with van der Waals surface area (Å²) in [6.07, 6.45) is 3.75. The second-order valence-corrected chi connectivity index (χ2v) is 5.94. The number of benzene rings is 1. The normalized spacial score (nSPS) is 14.3. The van der Waals surface area contributed by atoms with E-state index in [1.165, 1.54) is 0 Å². The van der Waals surface area contributed by atoms with E-state index in [2.05, 4.69) is 4.98 Å². The number of nitrogens with zero attached hydrogens (tertiary/aromatic N) is 3. The van der Waals surface area contributed by atoms with Crippen molar-refractivity contribution in [2.75, 3.05) is 33.3 Å². The molecule has 3 rings (SSSR count). The van der Waals surface area contributed by atoms with Crippen LogP contribution in [0.15, 0.2) is 48.8 Å². The van der Waals surface area contributed by atoms with Crippen LogP contribution in [0.5, 0.6) is 5.75 Å². The number of methoxy groups -OCH3 is 1. The van der Waals surface area contributed by atoms with E-state index in [9.17, 15) is 9.59 Å². The molecular weight excluding hydrogens is 318 g/mol. The second-order valence-electron chi connectivity index (χ2n) is 5.94. The number of rotatable bonds is 4. The van der Waals surface area contributed by atoms with Crippen LogP contribution >= 0.6 is 0 Å². The molecule has 1 aliphatic heterocycles. The summed E-state index contributed by atoms with van der Waals surface area (Å²) in [4.78, 5) is 32.5. The topological polar surface area (TPSA) is 62.7 Å². The highest BCUT2D eigenvalue weighted by molar-refractivity contribution is 5.94. The Morgan fingerprint density at radius 2 is 1.72 bits per heavy atom. The van der Waals surface area contributed by atoms with Gasteiger partial charge in [0.05, 0.1) is 13.5 Å². The van der Waals surface area contributed by atoms with Crippen molar-refractivity contribution >= 4 is 11.8 Å². The van der Waals surface area contributed by atoms with Crippen molar-refractivity contribution in [2.24, 2.45) is 0 Å². The molecule has 0 bridgehead atoms. The zero-order valence-corrected chi connectivity index (χ0v) is 14.2. The van der Waals surface area contributed by atoms with E-state index in [-0.39, 0.29) is 11.8 Å². The summed E-state index contributed by atoms with van der Waals surface area (Å²) in [6.45, 7) is 2.20. The van der Waals surface area contributed by atoms with Crippen LogP contribution in [-0.2, 0) is 11.2 Å². The van der Waals surface area contributed by atoms with Crippen molar-refractivity contribution < 1.29 is 14.3 Å². The molecule has 0 atom stereocenters. The maximum Gasteiger partial charge on any atom is 0.253 e. The van der Waals surface area contributed by atoms with Crippen LogP contribution in [-0.4, -0.2) is 59.9 Å². The van der Waals surface area contributed by atoms with Crippen molar-refractivity contribution in [1.82, 2.24) is 14.8 Å². The molecule has 0 saturated carbocycles. The van der Waals surface area contributed by atoms with Gasteiger partial charge in [0.1, 0.15) is 5.75 Å². The number of carbonyl (C=O) groups excluding carboxylic acids is 2. The van der Waals surface area contributed by atoms with Crippen LogP contribution in [0.1, 0.15) is 15.9 Å². The van der Waals surface area contributed by atoms with Crippen LogP contribution in [0.2, 0.25) is 0 Å². The predicted molar refractivity (Wildman–Crippen MR) is 93.4 cm³/mol. The Bertz CT molecular complexity index is 723. The molecule has 1 aromatic heterocycles. The Morgan fingerprint density at radius 1 is 1.04 bits per heavy atom. The number of pyridine rings is 1. The van der Waals surface area contributed by atoms with Gasteiger partial charge in [-0.1, -0.05) is 6.07 Å². The molecule has 1 saturated heterocycles. The highest BCUT2D eigenvalue weighted by atomic mass is 16.5. The lowest BCUT2D eigenvalue weighted by atomic mass is 10.1. The monoisotopic (exact) mass is 339 g/mol. The number of ether oxygens (including phenoxy) is 1. The van der Waals surface area contributed by atoms with Gasteiger partial charge in [0.25, 0.3) is 5.91 Å². The third-order valence-corrected chi connectivity index (χ3v) is 4.33. The van der Waals surface area contributed by atoms with Gasteiger partial charge < -0.3 is 14.5 Å². The standard InChI is InChI=1S/C19H21N3O3/c1-25-17-6-4-16(5-7-17)19(24)22-11-9-21(10-12-22)18(23)13-15-3-2-8-20-14-15/h2-8,14H,9-13H2,1H3. The zero-order chi connectivity index (χ0) is 17.6. The zero-order valence-electron chi connectivity index (χ0n) is 14.2. The molecule has 0 radical (unpaired) electrons. The molecule has 0 unspecified atom stereocenters. The third-order valence-electron chi connectivity index (χ3n) is 4.33. The van der Waals surface area contributed by atoms with E-state index in [4.69, 9.17) is 4.74 Å². The molecule has 2 heterocycles. The van der Waals surface area contributed by atoms with E-state index in [0.29, 0.717) is 38.2 Å². The molecule has 6 heteroatoms. The summed E-state index contributed by atoms with van der Waals surface area (Å²) in [7, 11) is 1.60. The second kappa shape index (κ2) is 7.79. The molecule has 1 fully saturated rings. The molecule has 0 N–H and O–H groups in total. The van der Waals surface area contributed by atoms with Gasteiger partial charge in [-0.3, -0.25) is 14.6 Å². The minimum atomic E-state index is -0.0120. The first-order valence-electron chi connectivity index (χ1n) is 8.27. The molecule has 25 heavy (non-hydrogen) atoms. The van der Waals surface area contributed by atoms with Gasteiger partial charge in [0, 0.05) is 44.1 Å². The predicted octanol–water partition coefficient (Wildman–Crippen LogP) is 1.62. The number of hydrogen-bond donors (Lipinski definition) is 0. The molecule has 0 aliphatic carbocycles. The molecule has 2 amide bonds. The van der Waals surface area contributed by atoms with Crippen LogP contribution in [0.3, 0.4) is 0 Å². The number of carbonyl (C=O) groups is 2. The number of hydrogen-bond acceptors (Lipinski definition) is 4. The average molecular weight is 339 g/mol. The fourth-order valence-corrected chi connectivity index (χ4v) is 2.86. The largest absolute Gasteiger partial charge is 0.497 e.